The van der Waals surface area contributed by atoms with Crippen LogP contribution in [0.5, 0.6) is 0 Å². The molecule has 7 nitrogen and oxygen atoms in total. The van der Waals surface area contributed by atoms with Crippen LogP contribution >= 0.6 is 0 Å². The highest BCUT2D eigenvalue weighted by molar-refractivity contribution is 6.11. The normalized spacial score (nSPS) is 11.4. The molecule has 0 aliphatic carbocycles. The first-order valence-corrected chi connectivity index (χ1v) is 22.5. The molecule has 0 atom stereocenters. The zero-order valence-electron chi connectivity index (χ0n) is 37.2. The molecule has 12 rings (SSSR count). The molecule has 3 aromatic heterocycles. The van der Waals surface area contributed by atoms with Crippen molar-refractivity contribution in [3.63, 3.8) is 0 Å². The molecule has 0 aliphatic rings. The summed E-state index contributed by atoms with van der Waals surface area (Å²) in [7, 11) is 0. The van der Waals surface area contributed by atoms with E-state index in [1.807, 2.05) is 78.9 Å². The Bertz CT molecular complexity index is 3840. The van der Waals surface area contributed by atoms with Gasteiger partial charge in [-0.2, -0.15) is 10.5 Å². The summed E-state index contributed by atoms with van der Waals surface area (Å²) in [5, 5.41) is 24.8. The van der Waals surface area contributed by atoms with Crippen LogP contribution in [0.15, 0.2) is 200 Å². The van der Waals surface area contributed by atoms with E-state index in [-0.39, 0.29) is 0 Å². The summed E-state index contributed by atoms with van der Waals surface area (Å²) in [6.45, 7) is 4.25. The fourth-order valence-corrected chi connectivity index (χ4v) is 9.79. The number of fused-ring (bicyclic) bond motifs is 6. The first-order chi connectivity index (χ1) is 33.4. The summed E-state index contributed by atoms with van der Waals surface area (Å²) in [5.74, 6) is 1.45. The van der Waals surface area contributed by atoms with Gasteiger partial charge in [0.1, 0.15) is 0 Å². The molecule has 0 bridgehead atoms. The highest BCUT2D eigenvalue weighted by atomic mass is 15.0. The van der Waals surface area contributed by atoms with Gasteiger partial charge in [-0.05, 0) is 121 Å². The molecular formula is C61H39N7. The van der Waals surface area contributed by atoms with Crippen molar-refractivity contribution in [3.8, 4) is 79.9 Å². The quantitative estimate of drug-likeness (QED) is 0.159. The second-order valence-electron chi connectivity index (χ2n) is 17.3. The smallest absolute Gasteiger partial charge is 0.164 e. The van der Waals surface area contributed by atoms with E-state index >= 15 is 0 Å². The van der Waals surface area contributed by atoms with Crippen LogP contribution in [0, 0.1) is 36.5 Å². The van der Waals surface area contributed by atoms with Gasteiger partial charge >= 0.3 is 0 Å². The van der Waals surface area contributed by atoms with Gasteiger partial charge in [-0.25, -0.2) is 15.0 Å². The molecule has 318 valence electrons. The van der Waals surface area contributed by atoms with Crippen LogP contribution in [0.1, 0.15) is 22.3 Å². The third-order valence-corrected chi connectivity index (χ3v) is 12.9. The lowest BCUT2D eigenvalue weighted by atomic mass is 9.96. The van der Waals surface area contributed by atoms with Gasteiger partial charge in [-0.3, -0.25) is 0 Å². The lowest BCUT2D eigenvalue weighted by Crippen LogP contribution is -2.04. The van der Waals surface area contributed by atoms with Crippen LogP contribution in [0.25, 0.3) is 111 Å². The number of rotatable bonds is 7. The third-order valence-electron chi connectivity index (χ3n) is 12.9. The Morgan fingerprint density at radius 3 is 1.25 bits per heavy atom. The van der Waals surface area contributed by atoms with Crippen LogP contribution in [0.3, 0.4) is 0 Å². The van der Waals surface area contributed by atoms with E-state index in [4.69, 9.17) is 15.0 Å². The minimum absolute atomic E-state index is 0.471. The second kappa shape index (κ2) is 16.2. The van der Waals surface area contributed by atoms with Gasteiger partial charge in [0.15, 0.2) is 17.5 Å². The molecule has 0 unspecified atom stereocenters. The van der Waals surface area contributed by atoms with Crippen LogP contribution < -0.4 is 0 Å². The van der Waals surface area contributed by atoms with Crippen LogP contribution in [-0.2, 0) is 0 Å². The first kappa shape index (κ1) is 40.1. The molecule has 0 saturated carbocycles. The number of nitriles is 2. The maximum atomic E-state index is 10.1. The lowest BCUT2D eigenvalue weighted by molar-refractivity contribution is 1.07. The maximum absolute atomic E-state index is 10.1. The number of aromatic nitrogens is 5. The largest absolute Gasteiger partial charge is 0.309 e. The number of nitrogens with zero attached hydrogens (tertiary/aromatic N) is 7. The predicted molar refractivity (Wildman–Crippen MR) is 275 cm³/mol. The molecule has 0 radical (unpaired) electrons. The molecule has 7 heteroatoms. The Labute approximate surface area is 392 Å². The summed E-state index contributed by atoms with van der Waals surface area (Å²) < 4.78 is 4.61. The van der Waals surface area contributed by atoms with Crippen molar-refractivity contribution in [1.29, 1.82) is 10.5 Å². The Morgan fingerprint density at radius 2 is 0.765 bits per heavy atom. The maximum Gasteiger partial charge on any atom is 0.164 e. The molecule has 0 saturated heterocycles. The number of aryl methyl sites for hydroxylation is 2. The standard InChI is InChI=1S/C61H39N7/c1-38-22-28-57-51(30-38)49-18-6-8-20-55(49)67(57)45-24-26-47(43-16-10-12-40(32-43)36-62)53(34-45)60-64-59(42-14-4-3-5-15-42)65-61(66-60)54-35-46(25-27-48(54)44-17-11-13-41(33-44)37-63)68-56-21-9-7-19-50(56)52-31-39(2)23-29-58(52)68/h3-35H,1-2H3. The van der Waals surface area contributed by atoms with E-state index < -0.39 is 0 Å². The Kier molecular flexibility index (Phi) is 9.57. The molecule has 12 aromatic rings. The van der Waals surface area contributed by atoms with Crippen molar-refractivity contribution in [3.05, 3.63) is 222 Å². The SMILES string of the molecule is Cc1ccc2c(c1)c1ccccc1n2-c1ccc(-c2cccc(C#N)c2)c(-c2nc(-c3ccccc3)nc(-c3cc(-n4c5ccccc5c5cc(C)ccc54)ccc3-c3cccc(C#N)c3)n2)c1. The summed E-state index contributed by atoms with van der Waals surface area (Å²) in [4.78, 5) is 16.2. The van der Waals surface area contributed by atoms with Crippen molar-refractivity contribution >= 4 is 43.6 Å². The molecule has 68 heavy (non-hydrogen) atoms. The summed E-state index contributed by atoms with van der Waals surface area (Å²) in [5.41, 5.74) is 15.6. The second-order valence-corrected chi connectivity index (χ2v) is 17.3. The van der Waals surface area contributed by atoms with Crippen LogP contribution in [0.2, 0.25) is 0 Å². The lowest BCUT2D eigenvalue weighted by Gasteiger charge is -2.17. The minimum atomic E-state index is 0.471. The molecular weight excluding hydrogens is 831 g/mol. The van der Waals surface area contributed by atoms with Gasteiger partial charge in [0.05, 0.1) is 45.3 Å². The fraction of sp³-hybridized carbons (Fsp3) is 0.0328. The average Bonchev–Trinajstić information content (AvgIpc) is 3.90. The summed E-state index contributed by atoms with van der Waals surface area (Å²) in [6.07, 6.45) is 0. The highest BCUT2D eigenvalue weighted by Gasteiger charge is 2.22. The minimum Gasteiger partial charge on any atom is -0.309 e. The molecule has 0 aliphatic heterocycles. The van der Waals surface area contributed by atoms with Crippen LogP contribution in [0.4, 0.5) is 0 Å². The van der Waals surface area contributed by atoms with Crippen molar-refractivity contribution in [2.24, 2.45) is 0 Å². The molecule has 0 spiro atoms. The molecule has 0 amide bonds. The molecule has 9 aromatic carbocycles. The number of benzene rings is 9. The monoisotopic (exact) mass is 869 g/mol. The average molecular weight is 870 g/mol. The summed E-state index contributed by atoms with van der Waals surface area (Å²) >= 11 is 0. The van der Waals surface area contributed by atoms with Crippen molar-refractivity contribution < 1.29 is 0 Å². The highest BCUT2D eigenvalue weighted by Crippen LogP contribution is 2.41. The van der Waals surface area contributed by atoms with Gasteiger partial charge in [-0.1, -0.05) is 126 Å². The van der Waals surface area contributed by atoms with Gasteiger partial charge in [0, 0.05) is 49.6 Å². The van der Waals surface area contributed by atoms with Crippen molar-refractivity contribution in [1.82, 2.24) is 24.1 Å². The molecule has 0 N–H and O–H groups in total. The Hall–Kier alpha value is -9.43. The molecule has 0 fully saturated rings. The Morgan fingerprint density at radius 1 is 0.338 bits per heavy atom. The van der Waals surface area contributed by atoms with Gasteiger partial charge < -0.3 is 9.13 Å². The fourth-order valence-electron chi connectivity index (χ4n) is 9.79. The summed E-state index contributed by atoms with van der Waals surface area (Å²) in [6, 6.07) is 73.1. The van der Waals surface area contributed by atoms with E-state index in [2.05, 4.69) is 156 Å². The van der Waals surface area contributed by atoms with E-state index in [1.165, 1.54) is 32.7 Å². The topological polar surface area (TPSA) is 96.1 Å². The van der Waals surface area contributed by atoms with E-state index in [0.717, 1.165) is 72.4 Å². The van der Waals surface area contributed by atoms with E-state index in [0.29, 0.717) is 28.6 Å². The van der Waals surface area contributed by atoms with Crippen molar-refractivity contribution in [2.75, 3.05) is 0 Å². The van der Waals surface area contributed by atoms with Crippen molar-refractivity contribution in [2.45, 2.75) is 13.8 Å². The third kappa shape index (κ3) is 6.78. The number of hydrogen-bond donors (Lipinski definition) is 0. The first-order valence-electron chi connectivity index (χ1n) is 22.5. The van der Waals surface area contributed by atoms with Gasteiger partial charge in [0.25, 0.3) is 0 Å². The zero-order chi connectivity index (χ0) is 45.9. The van der Waals surface area contributed by atoms with E-state index in [1.54, 1.807) is 0 Å². The zero-order valence-corrected chi connectivity index (χ0v) is 37.2. The number of para-hydroxylation sites is 2. The molecule has 3 heterocycles. The van der Waals surface area contributed by atoms with Gasteiger partial charge in [-0.15, -0.1) is 0 Å². The van der Waals surface area contributed by atoms with E-state index in [9.17, 15) is 10.5 Å². The van der Waals surface area contributed by atoms with Crippen LogP contribution in [-0.4, -0.2) is 24.1 Å². The Balaban J connectivity index is 1.16. The predicted octanol–water partition coefficient (Wildman–Crippen LogP) is 14.8. The number of hydrogen-bond acceptors (Lipinski definition) is 5. The van der Waals surface area contributed by atoms with Gasteiger partial charge in [0.2, 0.25) is 0 Å².